The molecule has 0 fully saturated rings. The van der Waals surface area contributed by atoms with Crippen LogP contribution in [-0.2, 0) is 25.6 Å². The van der Waals surface area contributed by atoms with Gasteiger partial charge in [0.1, 0.15) is 18.1 Å². The van der Waals surface area contributed by atoms with Crippen LogP contribution in [0.3, 0.4) is 0 Å². The lowest BCUT2D eigenvalue weighted by molar-refractivity contribution is -0.142. The summed E-state index contributed by atoms with van der Waals surface area (Å²) in [5.74, 6) is -3.84. The molecule has 0 aromatic heterocycles. The predicted molar refractivity (Wildman–Crippen MR) is 101 cm³/mol. The van der Waals surface area contributed by atoms with Gasteiger partial charge in [-0.25, -0.2) is 4.79 Å². The van der Waals surface area contributed by atoms with E-state index >= 15 is 0 Å². The molecule has 6 N–H and O–H groups in total. The third-order valence-corrected chi connectivity index (χ3v) is 4.16. The van der Waals surface area contributed by atoms with Crippen molar-refractivity contribution in [1.82, 2.24) is 10.6 Å². The summed E-state index contributed by atoms with van der Waals surface area (Å²) in [6.07, 6.45) is -0.121. The van der Waals surface area contributed by atoms with Gasteiger partial charge in [0.15, 0.2) is 0 Å². The van der Waals surface area contributed by atoms with Crippen LogP contribution in [0.5, 0.6) is 0 Å². The van der Waals surface area contributed by atoms with E-state index in [1.54, 1.807) is 44.2 Å². The first kappa shape index (κ1) is 23.1. The summed E-state index contributed by atoms with van der Waals surface area (Å²) in [5.41, 5.74) is 6.12. The van der Waals surface area contributed by atoms with E-state index < -0.39 is 41.9 Å². The van der Waals surface area contributed by atoms with Gasteiger partial charge in [0.2, 0.25) is 11.8 Å². The molecular formula is C19H27N3O6. The van der Waals surface area contributed by atoms with Crippen LogP contribution < -0.4 is 16.4 Å². The summed E-state index contributed by atoms with van der Waals surface area (Å²) in [6, 6.07) is 5.60. The Hall–Kier alpha value is -2.94. The monoisotopic (exact) mass is 393 g/mol. The van der Waals surface area contributed by atoms with E-state index in [0.29, 0.717) is 0 Å². The van der Waals surface area contributed by atoms with Crippen molar-refractivity contribution >= 4 is 23.8 Å². The second-order valence-electron chi connectivity index (χ2n) is 6.86. The lowest BCUT2D eigenvalue weighted by atomic mass is 10.0. The molecule has 1 aromatic rings. The number of carbonyl (C=O) groups excluding carboxylic acids is 2. The van der Waals surface area contributed by atoms with Crippen LogP contribution in [0.15, 0.2) is 30.3 Å². The molecule has 0 bridgehead atoms. The van der Waals surface area contributed by atoms with E-state index in [9.17, 15) is 24.3 Å². The zero-order valence-electron chi connectivity index (χ0n) is 15.9. The Bertz CT molecular complexity index is 692. The molecule has 9 heteroatoms. The summed E-state index contributed by atoms with van der Waals surface area (Å²) in [5, 5.41) is 23.1. The van der Waals surface area contributed by atoms with Gasteiger partial charge in [-0.3, -0.25) is 14.4 Å². The molecule has 0 heterocycles. The maximum Gasteiger partial charge on any atom is 0.326 e. The topological polar surface area (TPSA) is 159 Å². The summed E-state index contributed by atoms with van der Waals surface area (Å²) >= 11 is 0. The molecule has 1 aromatic carbocycles. The van der Waals surface area contributed by atoms with Crippen molar-refractivity contribution in [2.45, 2.75) is 51.2 Å². The van der Waals surface area contributed by atoms with Crippen LogP contribution in [0.25, 0.3) is 0 Å². The highest BCUT2D eigenvalue weighted by Gasteiger charge is 2.29. The molecule has 1 rings (SSSR count). The second-order valence-corrected chi connectivity index (χ2v) is 6.86. The van der Waals surface area contributed by atoms with E-state index in [0.717, 1.165) is 5.56 Å². The molecule has 28 heavy (non-hydrogen) atoms. The maximum atomic E-state index is 12.6. The van der Waals surface area contributed by atoms with Crippen molar-refractivity contribution in [2.75, 3.05) is 0 Å². The molecule has 0 aliphatic heterocycles. The van der Waals surface area contributed by atoms with Gasteiger partial charge in [-0.05, 0) is 17.9 Å². The van der Waals surface area contributed by atoms with Gasteiger partial charge < -0.3 is 26.6 Å². The van der Waals surface area contributed by atoms with Gasteiger partial charge in [0, 0.05) is 12.8 Å². The number of nitrogens with one attached hydrogen (secondary N) is 2. The van der Waals surface area contributed by atoms with E-state index in [1.807, 2.05) is 0 Å². The molecule has 2 amide bonds. The fourth-order valence-electron chi connectivity index (χ4n) is 2.50. The molecule has 0 saturated heterocycles. The molecule has 0 spiro atoms. The molecule has 0 saturated carbocycles. The van der Waals surface area contributed by atoms with Crippen molar-refractivity contribution in [1.29, 1.82) is 0 Å². The predicted octanol–water partition coefficient (Wildman–Crippen LogP) is 0.131. The largest absolute Gasteiger partial charge is 0.480 e. The summed E-state index contributed by atoms with van der Waals surface area (Å²) in [7, 11) is 0. The number of amides is 2. The summed E-state index contributed by atoms with van der Waals surface area (Å²) < 4.78 is 0. The molecule has 0 radical (unpaired) electrons. The number of hydrogen-bond acceptors (Lipinski definition) is 5. The minimum absolute atomic E-state index is 0.0701. The number of carboxylic acid groups (broad SMARTS) is 2. The van der Waals surface area contributed by atoms with E-state index in [-0.39, 0.29) is 25.2 Å². The highest BCUT2D eigenvalue weighted by molar-refractivity contribution is 5.90. The van der Waals surface area contributed by atoms with Crippen LogP contribution in [-0.4, -0.2) is 52.1 Å². The van der Waals surface area contributed by atoms with Crippen molar-refractivity contribution in [2.24, 2.45) is 11.7 Å². The quantitative estimate of drug-likeness (QED) is 0.357. The van der Waals surface area contributed by atoms with Crippen LogP contribution in [0.1, 0.15) is 32.3 Å². The third-order valence-electron chi connectivity index (χ3n) is 4.16. The van der Waals surface area contributed by atoms with Crippen molar-refractivity contribution in [3.63, 3.8) is 0 Å². The Morgan fingerprint density at radius 2 is 1.61 bits per heavy atom. The highest BCUT2D eigenvalue weighted by Crippen LogP contribution is 2.07. The van der Waals surface area contributed by atoms with Crippen LogP contribution >= 0.6 is 0 Å². The smallest absolute Gasteiger partial charge is 0.326 e. The van der Waals surface area contributed by atoms with Crippen molar-refractivity contribution in [3.05, 3.63) is 35.9 Å². The fourth-order valence-corrected chi connectivity index (χ4v) is 2.50. The van der Waals surface area contributed by atoms with Crippen LogP contribution in [0.2, 0.25) is 0 Å². The maximum absolute atomic E-state index is 12.6. The molecule has 154 valence electrons. The van der Waals surface area contributed by atoms with Gasteiger partial charge in [-0.15, -0.1) is 0 Å². The van der Waals surface area contributed by atoms with Gasteiger partial charge in [0.05, 0.1) is 0 Å². The normalized spacial score (nSPS) is 14.0. The third kappa shape index (κ3) is 7.75. The standard InChI is InChI=1S/C19H27N3O6/c1-11(2)16(22-15(23)9-8-13(20)18(25)26)17(24)21-14(19(27)28)10-12-6-4-3-5-7-12/h3-7,11,13-14,16H,8-10,20H2,1-2H3,(H,21,24)(H,22,23)(H,25,26)(H,27,28)/t13-,14-,16-/m0/s1. The average Bonchev–Trinajstić information content (AvgIpc) is 2.63. The molecule has 3 atom stereocenters. The van der Waals surface area contributed by atoms with Crippen molar-refractivity contribution < 1.29 is 29.4 Å². The number of hydrogen-bond donors (Lipinski definition) is 5. The van der Waals surface area contributed by atoms with Gasteiger partial charge in [0.25, 0.3) is 0 Å². The summed E-state index contributed by atoms with van der Waals surface area (Å²) in [4.78, 5) is 46.8. The zero-order chi connectivity index (χ0) is 21.3. The zero-order valence-corrected chi connectivity index (χ0v) is 15.9. The van der Waals surface area contributed by atoms with E-state index in [2.05, 4.69) is 10.6 Å². The van der Waals surface area contributed by atoms with Crippen LogP contribution in [0, 0.1) is 5.92 Å². The highest BCUT2D eigenvalue weighted by atomic mass is 16.4. The van der Waals surface area contributed by atoms with Crippen molar-refractivity contribution in [3.8, 4) is 0 Å². The summed E-state index contributed by atoms with van der Waals surface area (Å²) in [6.45, 7) is 3.42. The molecule has 9 nitrogen and oxygen atoms in total. The number of carboxylic acids is 2. The Morgan fingerprint density at radius 1 is 1.00 bits per heavy atom. The first-order chi connectivity index (χ1) is 13.1. The van der Waals surface area contributed by atoms with Crippen LogP contribution in [0.4, 0.5) is 0 Å². The molecule has 0 unspecified atom stereocenters. The minimum atomic E-state index is -1.21. The second kappa shape index (κ2) is 11.0. The molecule has 0 aliphatic carbocycles. The Kier molecular flexibility index (Phi) is 9.10. The molecular weight excluding hydrogens is 366 g/mol. The first-order valence-corrected chi connectivity index (χ1v) is 8.96. The van der Waals surface area contributed by atoms with Gasteiger partial charge in [-0.1, -0.05) is 44.2 Å². The number of aliphatic carboxylic acids is 2. The minimum Gasteiger partial charge on any atom is -0.480 e. The average molecular weight is 393 g/mol. The number of nitrogens with two attached hydrogens (primary N) is 1. The lowest BCUT2D eigenvalue weighted by Crippen LogP contribution is -2.54. The Labute approximate surface area is 163 Å². The van der Waals surface area contributed by atoms with Gasteiger partial charge >= 0.3 is 11.9 Å². The number of benzene rings is 1. The SMILES string of the molecule is CC(C)[C@H](NC(=O)CC[C@H](N)C(=O)O)C(=O)N[C@@H](Cc1ccccc1)C(=O)O. The Balaban J connectivity index is 2.72. The molecule has 0 aliphatic rings. The first-order valence-electron chi connectivity index (χ1n) is 8.96. The Morgan fingerprint density at radius 3 is 2.11 bits per heavy atom. The fraction of sp³-hybridized carbons (Fsp3) is 0.474. The van der Waals surface area contributed by atoms with E-state index in [1.165, 1.54) is 0 Å². The number of carbonyl (C=O) groups is 4. The van der Waals surface area contributed by atoms with Gasteiger partial charge in [-0.2, -0.15) is 0 Å². The van der Waals surface area contributed by atoms with E-state index in [4.69, 9.17) is 10.8 Å². The lowest BCUT2D eigenvalue weighted by Gasteiger charge is -2.24. The number of rotatable bonds is 11.